The number of nitrogens with two attached hydrogens (primary N) is 1. The molecule has 1 fully saturated rings. The van der Waals surface area contributed by atoms with Gasteiger partial charge in [-0.1, -0.05) is 17.7 Å². The number of hydrogen-bond acceptors (Lipinski definition) is 2. The molecule has 0 unspecified atom stereocenters. The zero-order chi connectivity index (χ0) is 14.0. The topological polar surface area (TPSA) is 46.3 Å². The Bertz CT molecular complexity index is 462. The molecule has 3 nitrogen and oxygen atoms in total. The third kappa shape index (κ3) is 3.16. The van der Waals surface area contributed by atoms with Crippen molar-refractivity contribution in [2.75, 3.05) is 11.9 Å². The Morgan fingerprint density at radius 1 is 1.21 bits per heavy atom. The molecule has 0 aliphatic heterocycles. The second kappa shape index (κ2) is 5.74. The van der Waals surface area contributed by atoms with Crippen LogP contribution in [-0.4, -0.2) is 19.0 Å². The Labute approximate surface area is 115 Å². The maximum atomic E-state index is 12.5. The highest BCUT2D eigenvalue weighted by atomic mass is 16.2. The van der Waals surface area contributed by atoms with Gasteiger partial charge in [-0.15, -0.1) is 0 Å². The van der Waals surface area contributed by atoms with Crippen LogP contribution in [0.2, 0.25) is 0 Å². The lowest BCUT2D eigenvalue weighted by Crippen LogP contribution is -2.37. The minimum absolute atomic E-state index is 0.144. The van der Waals surface area contributed by atoms with E-state index in [0.717, 1.165) is 36.9 Å². The van der Waals surface area contributed by atoms with Gasteiger partial charge in [0.25, 0.3) is 0 Å². The van der Waals surface area contributed by atoms with Crippen LogP contribution in [0.3, 0.4) is 0 Å². The number of carbonyl (C=O) groups excluding carboxylic acids is 1. The van der Waals surface area contributed by atoms with Crippen molar-refractivity contribution in [2.45, 2.75) is 45.6 Å². The zero-order valence-corrected chi connectivity index (χ0v) is 12.1. The minimum atomic E-state index is 0.144. The van der Waals surface area contributed by atoms with Crippen LogP contribution in [0, 0.1) is 19.8 Å². The molecule has 0 radical (unpaired) electrons. The molecule has 1 saturated carbocycles. The van der Waals surface area contributed by atoms with E-state index >= 15 is 0 Å². The fourth-order valence-corrected chi connectivity index (χ4v) is 2.94. The van der Waals surface area contributed by atoms with Gasteiger partial charge in [0.2, 0.25) is 5.91 Å². The van der Waals surface area contributed by atoms with Crippen LogP contribution in [0.4, 0.5) is 5.69 Å². The van der Waals surface area contributed by atoms with Crippen LogP contribution in [0.5, 0.6) is 0 Å². The number of amides is 1. The Morgan fingerprint density at radius 3 is 2.42 bits per heavy atom. The molecule has 0 heterocycles. The number of benzene rings is 1. The number of nitrogens with zero attached hydrogens (tertiary/aromatic N) is 1. The summed E-state index contributed by atoms with van der Waals surface area (Å²) in [7, 11) is 1.88. The summed E-state index contributed by atoms with van der Waals surface area (Å²) in [6.07, 6.45) is 3.79. The number of aryl methyl sites for hydroxylation is 2. The minimum Gasteiger partial charge on any atom is -0.328 e. The van der Waals surface area contributed by atoms with E-state index in [9.17, 15) is 4.79 Å². The molecular weight excluding hydrogens is 236 g/mol. The van der Waals surface area contributed by atoms with Crippen molar-refractivity contribution >= 4 is 11.6 Å². The summed E-state index contributed by atoms with van der Waals surface area (Å²) in [5, 5.41) is 0. The molecule has 2 rings (SSSR count). The van der Waals surface area contributed by atoms with Gasteiger partial charge in [0, 0.05) is 24.7 Å². The van der Waals surface area contributed by atoms with E-state index in [0.29, 0.717) is 0 Å². The third-order valence-electron chi connectivity index (χ3n) is 4.17. The highest BCUT2D eigenvalue weighted by Crippen LogP contribution is 2.28. The average molecular weight is 260 g/mol. The van der Waals surface area contributed by atoms with Crippen molar-refractivity contribution in [3.8, 4) is 0 Å². The Hall–Kier alpha value is -1.35. The van der Waals surface area contributed by atoms with Gasteiger partial charge in [-0.3, -0.25) is 4.79 Å². The molecule has 1 aromatic carbocycles. The highest BCUT2D eigenvalue weighted by molar-refractivity contribution is 5.95. The first kappa shape index (κ1) is 14.1. The molecule has 0 saturated heterocycles. The van der Waals surface area contributed by atoms with Crippen molar-refractivity contribution < 1.29 is 4.79 Å². The van der Waals surface area contributed by atoms with E-state index < -0.39 is 0 Å². The molecule has 0 aromatic heterocycles. The van der Waals surface area contributed by atoms with Crippen molar-refractivity contribution in [2.24, 2.45) is 11.7 Å². The maximum absolute atomic E-state index is 12.5. The summed E-state index contributed by atoms with van der Waals surface area (Å²) < 4.78 is 0. The fourth-order valence-electron chi connectivity index (χ4n) is 2.94. The van der Waals surface area contributed by atoms with Gasteiger partial charge in [-0.2, -0.15) is 0 Å². The molecule has 1 amide bonds. The quantitative estimate of drug-likeness (QED) is 0.888. The standard InChI is InChI=1S/C16H24N2O/c1-11-4-9-15(12(2)10-11)18(3)16(19)13-5-7-14(17)8-6-13/h4,9-10,13-14H,5-8,17H2,1-3H3. The summed E-state index contributed by atoms with van der Waals surface area (Å²) >= 11 is 0. The number of carbonyl (C=O) groups is 1. The molecule has 1 aromatic rings. The first-order valence-electron chi connectivity index (χ1n) is 7.09. The summed E-state index contributed by atoms with van der Waals surface area (Å²) in [6.45, 7) is 4.13. The number of hydrogen-bond donors (Lipinski definition) is 1. The second-order valence-corrected chi connectivity index (χ2v) is 5.80. The van der Waals surface area contributed by atoms with Crippen LogP contribution in [0.15, 0.2) is 18.2 Å². The van der Waals surface area contributed by atoms with Crippen molar-refractivity contribution in [3.63, 3.8) is 0 Å². The van der Waals surface area contributed by atoms with Gasteiger partial charge >= 0.3 is 0 Å². The molecule has 3 heteroatoms. The summed E-state index contributed by atoms with van der Waals surface area (Å²) in [6, 6.07) is 6.51. The van der Waals surface area contributed by atoms with E-state index in [4.69, 9.17) is 5.73 Å². The monoisotopic (exact) mass is 260 g/mol. The predicted molar refractivity (Wildman–Crippen MR) is 79.3 cm³/mol. The molecule has 2 N–H and O–H groups in total. The van der Waals surface area contributed by atoms with Crippen LogP contribution in [0.1, 0.15) is 36.8 Å². The summed E-state index contributed by atoms with van der Waals surface area (Å²) in [5.74, 6) is 0.379. The summed E-state index contributed by atoms with van der Waals surface area (Å²) in [4.78, 5) is 14.3. The van der Waals surface area contributed by atoms with Gasteiger partial charge in [0.1, 0.15) is 0 Å². The van der Waals surface area contributed by atoms with E-state index in [2.05, 4.69) is 26.0 Å². The van der Waals surface area contributed by atoms with Crippen molar-refractivity contribution in [1.82, 2.24) is 0 Å². The molecule has 1 aliphatic carbocycles. The normalized spacial score (nSPS) is 23.2. The molecule has 104 valence electrons. The van der Waals surface area contributed by atoms with E-state index in [1.54, 1.807) is 0 Å². The van der Waals surface area contributed by atoms with E-state index in [1.165, 1.54) is 5.56 Å². The van der Waals surface area contributed by atoms with Crippen LogP contribution in [0.25, 0.3) is 0 Å². The van der Waals surface area contributed by atoms with Crippen LogP contribution < -0.4 is 10.6 Å². The largest absolute Gasteiger partial charge is 0.328 e. The van der Waals surface area contributed by atoms with Gasteiger partial charge in [0.05, 0.1) is 0 Å². The second-order valence-electron chi connectivity index (χ2n) is 5.80. The van der Waals surface area contributed by atoms with Crippen LogP contribution in [-0.2, 0) is 4.79 Å². The predicted octanol–water partition coefficient (Wildman–Crippen LogP) is 2.78. The lowest BCUT2D eigenvalue weighted by molar-refractivity contribution is -0.123. The molecular formula is C16H24N2O. The van der Waals surface area contributed by atoms with Crippen LogP contribution >= 0.6 is 0 Å². The summed E-state index contributed by atoms with van der Waals surface area (Å²) in [5.41, 5.74) is 9.30. The van der Waals surface area contributed by atoms with Gasteiger partial charge < -0.3 is 10.6 Å². The van der Waals surface area contributed by atoms with E-state index in [1.807, 2.05) is 18.0 Å². The number of rotatable bonds is 2. The Balaban J connectivity index is 2.10. The Morgan fingerprint density at radius 2 is 1.84 bits per heavy atom. The van der Waals surface area contributed by atoms with Crippen molar-refractivity contribution in [1.29, 1.82) is 0 Å². The van der Waals surface area contributed by atoms with Gasteiger partial charge in [-0.05, 0) is 51.2 Å². The molecule has 0 atom stereocenters. The van der Waals surface area contributed by atoms with Gasteiger partial charge in [0.15, 0.2) is 0 Å². The first-order valence-corrected chi connectivity index (χ1v) is 7.09. The first-order chi connectivity index (χ1) is 8.99. The fraction of sp³-hybridized carbons (Fsp3) is 0.562. The Kier molecular flexibility index (Phi) is 4.25. The third-order valence-corrected chi connectivity index (χ3v) is 4.17. The molecule has 0 spiro atoms. The lowest BCUT2D eigenvalue weighted by Gasteiger charge is -2.29. The van der Waals surface area contributed by atoms with E-state index in [-0.39, 0.29) is 17.9 Å². The zero-order valence-electron chi connectivity index (χ0n) is 12.1. The lowest BCUT2D eigenvalue weighted by atomic mass is 9.85. The smallest absolute Gasteiger partial charge is 0.229 e. The average Bonchev–Trinajstić information content (AvgIpc) is 2.38. The van der Waals surface area contributed by atoms with Crippen molar-refractivity contribution in [3.05, 3.63) is 29.3 Å². The maximum Gasteiger partial charge on any atom is 0.229 e. The molecule has 0 bridgehead atoms. The molecule has 19 heavy (non-hydrogen) atoms. The molecule has 1 aliphatic rings. The number of anilines is 1. The van der Waals surface area contributed by atoms with Gasteiger partial charge in [-0.25, -0.2) is 0 Å². The SMILES string of the molecule is Cc1ccc(N(C)C(=O)C2CCC(N)CC2)c(C)c1. The highest BCUT2D eigenvalue weighted by Gasteiger charge is 2.27.